The monoisotopic (exact) mass is 313 g/mol. The van der Waals surface area contributed by atoms with Gasteiger partial charge >= 0.3 is 0 Å². The van der Waals surface area contributed by atoms with Crippen LogP contribution in [-0.2, 0) is 13.1 Å². The second-order valence-corrected chi connectivity index (χ2v) is 4.67. The largest absolute Gasteiger partial charge is 0.394 e. The molecule has 2 N–H and O–H groups in total. The van der Waals surface area contributed by atoms with Gasteiger partial charge in [0.25, 0.3) is 0 Å². The van der Waals surface area contributed by atoms with Crippen LogP contribution in [0, 0.1) is 5.82 Å². The highest BCUT2D eigenvalue weighted by Gasteiger charge is 2.03. The Bertz CT molecular complexity index is 530. The Kier molecular flexibility index (Phi) is 4.33. The van der Waals surface area contributed by atoms with E-state index in [9.17, 15) is 4.39 Å². The number of rotatable bonds is 5. The highest BCUT2D eigenvalue weighted by molar-refractivity contribution is 9.10. The molecule has 2 aromatic rings. The van der Waals surface area contributed by atoms with Gasteiger partial charge in [0.1, 0.15) is 5.82 Å². The van der Waals surface area contributed by atoms with E-state index in [2.05, 4.69) is 26.3 Å². The summed E-state index contributed by atoms with van der Waals surface area (Å²) in [7, 11) is 0. The van der Waals surface area contributed by atoms with Gasteiger partial charge in [-0.05, 0) is 34.1 Å². The summed E-state index contributed by atoms with van der Waals surface area (Å²) in [5.74, 6) is -0.281. The van der Waals surface area contributed by atoms with Crippen LogP contribution in [0.2, 0.25) is 0 Å². The van der Waals surface area contributed by atoms with Crippen molar-refractivity contribution >= 4 is 21.6 Å². The Hall–Kier alpha value is -1.40. The summed E-state index contributed by atoms with van der Waals surface area (Å²) in [4.78, 5) is 0. The fraction of sp³-hybridized carbons (Fsp3) is 0.250. The van der Waals surface area contributed by atoms with Crippen molar-refractivity contribution in [2.24, 2.45) is 0 Å². The maximum absolute atomic E-state index is 13.1. The van der Waals surface area contributed by atoms with Crippen molar-refractivity contribution in [1.29, 1.82) is 0 Å². The zero-order valence-electron chi connectivity index (χ0n) is 9.61. The van der Waals surface area contributed by atoms with Crippen LogP contribution in [0.4, 0.5) is 10.1 Å². The number of benzene rings is 1. The molecular formula is C12H13BrFN3O. The maximum atomic E-state index is 13.1. The Labute approximate surface area is 113 Å². The highest BCUT2D eigenvalue weighted by atomic mass is 79.9. The van der Waals surface area contributed by atoms with Crippen molar-refractivity contribution < 1.29 is 9.50 Å². The molecule has 0 aliphatic rings. The number of nitrogens with zero attached hydrogens (tertiary/aromatic N) is 2. The molecule has 0 saturated carbocycles. The van der Waals surface area contributed by atoms with Crippen molar-refractivity contribution in [3.63, 3.8) is 0 Å². The van der Waals surface area contributed by atoms with Gasteiger partial charge in [-0.3, -0.25) is 4.68 Å². The normalized spacial score (nSPS) is 10.6. The van der Waals surface area contributed by atoms with Gasteiger partial charge in [-0.2, -0.15) is 5.10 Å². The topological polar surface area (TPSA) is 50.1 Å². The zero-order chi connectivity index (χ0) is 13.0. The van der Waals surface area contributed by atoms with E-state index in [1.165, 1.54) is 12.1 Å². The fourth-order valence-corrected chi connectivity index (χ4v) is 1.94. The minimum atomic E-state index is -0.281. The summed E-state index contributed by atoms with van der Waals surface area (Å²) >= 11 is 3.35. The molecule has 0 aliphatic carbocycles. The molecule has 18 heavy (non-hydrogen) atoms. The van der Waals surface area contributed by atoms with Crippen LogP contribution in [0.25, 0.3) is 0 Å². The van der Waals surface area contributed by atoms with Gasteiger partial charge < -0.3 is 10.4 Å². The van der Waals surface area contributed by atoms with Gasteiger partial charge in [0, 0.05) is 22.8 Å². The molecule has 6 heteroatoms. The van der Waals surface area contributed by atoms with Crippen molar-refractivity contribution in [3.8, 4) is 0 Å². The van der Waals surface area contributed by atoms with E-state index in [-0.39, 0.29) is 12.4 Å². The van der Waals surface area contributed by atoms with Gasteiger partial charge in [0.05, 0.1) is 25.0 Å². The molecule has 0 fully saturated rings. The highest BCUT2D eigenvalue weighted by Crippen LogP contribution is 2.23. The first-order valence-corrected chi connectivity index (χ1v) is 6.29. The van der Waals surface area contributed by atoms with E-state index >= 15 is 0 Å². The first-order chi connectivity index (χ1) is 8.69. The lowest BCUT2D eigenvalue weighted by Gasteiger charge is -2.07. The average molecular weight is 314 g/mol. The maximum Gasteiger partial charge on any atom is 0.125 e. The van der Waals surface area contributed by atoms with Crippen LogP contribution < -0.4 is 5.32 Å². The molecule has 2 rings (SSSR count). The van der Waals surface area contributed by atoms with Gasteiger partial charge in [-0.25, -0.2) is 4.39 Å². The molecule has 1 aromatic carbocycles. The number of anilines is 1. The van der Waals surface area contributed by atoms with E-state index in [0.29, 0.717) is 18.8 Å². The minimum Gasteiger partial charge on any atom is -0.394 e. The Morgan fingerprint density at radius 2 is 2.28 bits per heavy atom. The van der Waals surface area contributed by atoms with E-state index in [1.807, 2.05) is 6.20 Å². The quantitative estimate of drug-likeness (QED) is 0.891. The average Bonchev–Trinajstić information content (AvgIpc) is 2.79. The van der Waals surface area contributed by atoms with Gasteiger partial charge in [-0.15, -0.1) is 0 Å². The van der Waals surface area contributed by atoms with E-state index < -0.39 is 0 Å². The summed E-state index contributed by atoms with van der Waals surface area (Å²) in [6.45, 7) is 1.08. The van der Waals surface area contributed by atoms with Crippen LogP contribution in [-0.4, -0.2) is 21.5 Å². The summed E-state index contributed by atoms with van der Waals surface area (Å²) in [5, 5.41) is 16.0. The predicted molar refractivity (Wildman–Crippen MR) is 70.7 cm³/mol. The predicted octanol–water partition coefficient (Wildman–Crippen LogP) is 2.39. The molecule has 0 atom stereocenters. The molecule has 0 aliphatic heterocycles. The Morgan fingerprint density at radius 1 is 1.44 bits per heavy atom. The molecule has 0 spiro atoms. The molecule has 0 unspecified atom stereocenters. The molecule has 0 saturated heterocycles. The lowest BCUT2D eigenvalue weighted by atomic mass is 10.3. The van der Waals surface area contributed by atoms with Crippen LogP contribution >= 0.6 is 15.9 Å². The first-order valence-electron chi connectivity index (χ1n) is 5.50. The summed E-state index contributed by atoms with van der Waals surface area (Å²) in [6, 6.07) is 4.49. The number of hydrogen-bond donors (Lipinski definition) is 2. The lowest BCUT2D eigenvalue weighted by molar-refractivity contribution is 0.269. The molecule has 96 valence electrons. The molecule has 0 bridgehead atoms. The van der Waals surface area contributed by atoms with Gasteiger partial charge in [-0.1, -0.05) is 0 Å². The summed E-state index contributed by atoms with van der Waals surface area (Å²) in [6.07, 6.45) is 3.56. The van der Waals surface area contributed by atoms with Crippen LogP contribution in [0.1, 0.15) is 5.56 Å². The molecule has 1 aromatic heterocycles. The Morgan fingerprint density at radius 3 is 3.06 bits per heavy atom. The minimum absolute atomic E-state index is 0.0595. The molecule has 0 radical (unpaired) electrons. The molecular weight excluding hydrogens is 301 g/mol. The molecule has 1 heterocycles. The standard InChI is InChI=1S/C12H13BrFN3O/c13-11-2-1-10(14)5-12(11)15-6-9-7-16-17(8-9)3-4-18/h1-2,5,7-8,15,18H,3-4,6H2. The number of nitrogens with one attached hydrogen (secondary N) is 1. The lowest BCUT2D eigenvalue weighted by Crippen LogP contribution is -2.02. The second kappa shape index (κ2) is 5.97. The van der Waals surface area contributed by atoms with E-state index in [0.717, 1.165) is 10.0 Å². The molecule has 4 nitrogen and oxygen atoms in total. The third kappa shape index (κ3) is 3.30. The first kappa shape index (κ1) is 13.0. The van der Waals surface area contributed by atoms with E-state index in [4.69, 9.17) is 5.11 Å². The van der Waals surface area contributed by atoms with Crippen molar-refractivity contribution in [2.75, 3.05) is 11.9 Å². The van der Waals surface area contributed by atoms with Gasteiger partial charge in [0.2, 0.25) is 0 Å². The fourth-order valence-electron chi connectivity index (χ4n) is 1.55. The molecule has 0 amide bonds. The number of aromatic nitrogens is 2. The van der Waals surface area contributed by atoms with Crippen LogP contribution in [0.5, 0.6) is 0 Å². The number of aliphatic hydroxyl groups excluding tert-OH is 1. The van der Waals surface area contributed by atoms with Crippen LogP contribution in [0.15, 0.2) is 35.1 Å². The third-order valence-electron chi connectivity index (χ3n) is 2.43. The smallest absolute Gasteiger partial charge is 0.125 e. The van der Waals surface area contributed by atoms with Gasteiger partial charge in [0.15, 0.2) is 0 Å². The van der Waals surface area contributed by atoms with E-state index in [1.54, 1.807) is 16.9 Å². The second-order valence-electron chi connectivity index (χ2n) is 3.81. The van der Waals surface area contributed by atoms with Crippen molar-refractivity contribution in [2.45, 2.75) is 13.1 Å². The number of halogens is 2. The SMILES string of the molecule is OCCn1cc(CNc2cc(F)ccc2Br)cn1. The van der Waals surface area contributed by atoms with Crippen molar-refractivity contribution in [1.82, 2.24) is 9.78 Å². The number of hydrogen-bond acceptors (Lipinski definition) is 3. The van der Waals surface area contributed by atoms with Crippen LogP contribution in [0.3, 0.4) is 0 Å². The third-order valence-corrected chi connectivity index (χ3v) is 3.12. The summed E-state index contributed by atoms with van der Waals surface area (Å²) in [5.41, 5.74) is 1.67. The Balaban J connectivity index is 1.99. The number of aliphatic hydroxyl groups is 1. The summed E-state index contributed by atoms with van der Waals surface area (Å²) < 4.78 is 15.5. The zero-order valence-corrected chi connectivity index (χ0v) is 11.2. The van der Waals surface area contributed by atoms with Crippen molar-refractivity contribution in [3.05, 3.63) is 46.4 Å².